The molecule has 0 radical (unpaired) electrons. The highest BCUT2D eigenvalue weighted by molar-refractivity contribution is 7.09. The van der Waals surface area contributed by atoms with Gasteiger partial charge in [-0.2, -0.15) is 8.78 Å². The van der Waals surface area contributed by atoms with Gasteiger partial charge in [-0.15, -0.1) is 11.3 Å². The fraction of sp³-hybridized carbons (Fsp3) is 0.231. The largest absolute Gasteiger partial charge is 0.491 e. The summed E-state index contributed by atoms with van der Waals surface area (Å²) in [6.07, 6.45) is 0.652. The van der Waals surface area contributed by atoms with Crippen molar-refractivity contribution in [3.8, 4) is 11.5 Å². The molecule has 1 aromatic carbocycles. The van der Waals surface area contributed by atoms with E-state index in [-0.39, 0.29) is 11.4 Å². The summed E-state index contributed by atoms with van der Waals surface area (Å²) in [6, 6.07) is 5.80. The van der Waals surface area contributed by atoms with E-state index >= 15 is 0 Å². The number of halogens is 3. The molecule has 0 aliphatic heterocycles. The first-order chi connectivity index (χ1) is 9.56. The summed E-state index contributed by atoms with van der Waals surface area (Å²) in [5.74, 6) is -1.41. The molecule has 0 aliphatic carbocycles. The van der Waals surface area contributed by atoms with Crippen molar-refractivity contribution in [1.82, 2.24) is 0 Å². The molecule has 2 N–H and O–H groups in total. The molecule has 0 fully saturated rings. The van der Waals surface area contributed by atoms with Crippen LogP contribution in [0.1, 0.15) is 4.88 Å². The molecule has 3 nitrogen and oxygen atoms in total. The molecular weight excluding hydrogens is 291 g/mol. The number of hydrogen-bond donors (Lipinski definition) is 1. The van der Waals surface area contributed by atoms with E-state index in [1.165, 1.54) is 0 Å². The molecular formula is C13H12F3NO2S. The molecule has 2 aromatic rings. The van der Waals surface area contributed by atoms with Crippen LogP contribution in [0.2, 0.25) is 0 Å². The van der Waals surface area contributed by atoms with Gasteiger partial charge in [0, 0.05) is 23.4 Å². The van der Waals surface area contributed by atoms with E-state index in [0.29, 0.717) is 13.0 Å². The highest BCUT2D eigenvalue weighted by atomic mass is 32.1. The predicted octanol–water partition coefficient (Wildman–Crippen LogP) is 3.69. The zero-order chi connectivity index (χ0) is 14.5. The Labute approximate surface area is 117 Å². The zero-order valence-corrected chi connectivity index (χ0v) is 11.1. The minimum atomic E-state index is -3.10. The molecule has 2 rings (SSSR count). The van der Waals surface area contributed by atoms with E-state index < -0.39 is 18.2 Å². The third kappa shape index (κ3) is 3.80. The molecule has 0 amide bonds. The smallest absolute Gasteiger partial charge is 0.387 e. The maximum absolute atomic E-state index is 13.3. The molecule has 0 aliphatic rings. The summed E-state index contributed by atoms with van der Waals surface area (Å²) in [4.78, 5) is 1.12. The lowest BCUT2D eigenvalue weighted by molar-refractivity contribution is -0.0522. The van der Waals surface area contributed by atoms with Crippen molar-refractivity contribution < 1.29 is 22.6 Å². The SMILES string of the molecule is Nc1cc(F)c(OC(F)F)cc1OCCc1cccs1. The molecule has 0 spiro atoms. The van der Waals surface area contributed by atoms with Gasteiger partial charge in [0.2, 0.25) is 0 Å². The van der Waals surface area contributed by atoms with Gasteiger partial charge in [-0.05, 0) is 11.4 Å². The van der Waals surface area contributed by atoms with Gasteiger partial charge in [0.15, 0.2) is 11.6 Å². The number of nitrogen functional groups attached to an aromatic ring is 1. The average Bonchev–Trinajstić information content (AvgIpc) is 2.87. The molecule has 0 unspecified atom stereocenters. The molecule has 20 heavy (non-hydrogen) atoms. The van der Waals surface area contributed by atoms with Crippen LogP contribution >= 0.6 is 11.3 Å². The molecule has 7 heteroatoms. The zero-order valence-electron chi connectivity index (χ0n) is 10.3. The van der Waals surface area contributed by atoms with Crippen molar-refractivity contribution in [2.24, 2.45) is 0 Å². The number of rotatable bonds is 6. The normalized spacial score (nSPS) is 10.8. The maximum Gasteiger partial charge on any atom is 0.387 e. The summed E-state index contributed by atoms with van der Waals surface area (Å²) < 4.78 is 47.0. The topological polar surface area (TPSA) is 44.5 Å². The molecule has 0 atom stereocenters. The Hall–Kier alpha value is -1.89. The fourth-order valence-electron chi connectivity index (χ4n) is 1.58. The first-order valence-corrected chi connectivity index (χ1v) is 6.63. The first kappa shape index (κ1) is 14.5. The van der Waals surface area contributed by atoms with E-state index in [1.807, 2.05) is 17.5 Å². The van der Waals surface area contributed by atoms with Gasteiger partial charge in [0.25, 0.3) is 0 Å². The lowest BCUT2D eigenvalue weighted by Gasteiger charge is -2.12. The lowest BCUT2D eigenvalue weighted by atomic mass is 10.2. The van der Waals surface area contributed by atoms with E-state index in [1.54, 1.807) is 11.3 Å². The summed E-state index contributed by atoms with van der Waals surface area (Å²) >= 11 is 1.58. The quantitative estimate of drug-likeness (QED) is 0.828. The number of benzene rings is 1. The minimum Gasteiger partial charge on any atom is -0.491 e. The van der Waals surface area contributed by atoms with Crippen molar-refractivity contribution in [1.29, 1.82) is 0 Å². The van der Waals surface area contributed by atoms with Gasteiger partial charge in [-0.3, -0.25) is 0 Å². The standard InChI is InChI=1S/C13H12F3NO2S/c14-9-6-10(17)12(7-11(9)19-13(15)16)18-4-3-8-2-1-5-20-8/h1-2,5-7,13H,3-4,17H2. The van der Waals surface area contributed by atoms with Crippen LogP contribution < -0.4 is 15.2 Å². The molecule has 0 saturated carbocycles. The van der Waals surface area contributed by atoms with Crippen molar-refractivity contribution >= 4 is 17.0 Å². The van der Waals surface area contributed by atoms with E-state index in [0.717, 1.165) is 17.0 Å². The Balaban J connectivity index is 2.02. The van der Waals surface area contributed by atoms with Crippen molar-refractivity contribution in [2.75, 3.05) is 12.3 Å². The third-order valence-electron chi connectivity index (χ3n) is 2.47. The molecule has 0 saturated heterocycles. The highest BCUT2D eigenvalue weighted by Crippen LogP contribution is 2.31. The second-order valence-electron chi connectivity index (χ2n) is 3.88. The van der Waals surface area contributed by atoms with Gasteiger partial charge in [-0.1, -0.05) is 6.07 Å². The molecule has 1 heterocycles. The van der Waals surface area contributed by atoms with Gasteiger partial charge in [-0.25, -0.2) is 4.39 Å². The summed E-state index contributed by atoms with van der Waals surface area (Å²) in [5.41, 5.74) is 5.61. The van der Waals surface area contributed by atoms with Gasteiger partial charge < -0.3 is 15.2 Å². The second kappa shape index (κ2) is 6.51. The fourth-order valence-corrected chi connectivity index (χ4v) is 2.27. The van der Waals surface area contributed by atoms with Gasteiger partial charge >= 0.3 is 6.61 Å². The van der Waals surface area contributed by atoms with Crippen molar-refractivity contribution in [2.45, 2.75) is 13.0 Å². The summed E-state index contributed by atoms with van der Waals surface area (Å²) in [5, 5.41) is 1.94. The Bertz CT molecular complexity index is 561. The number of thiophene rings is 1. The van der Waals surface area contributed by atoms with Crippen LogP contribution in [0.4, 0.5) is 18.9 Å². The van der Waals surface area contributed by atoms with Crippen LogP contribution in [-0.4, -0.2) is 13.2 Å². The number of alkyl halides is 2. The van der Waals surface area contributed by atoms with Crippen LogP contribution in [0.5, 0.6) is 11.5 Å². The van der Waals surface area contributed by atoms with Crippen LogP contribution in [0.3, 0.4) is 0 Å². The number of nitrogens with two attached hydrogens (primary N) is 1. The van der Waals surface area contributed by atoms with Crippen molar-refractivity contribution in [3.63, 3.8) is 0 Å². The average molecular weight is 303 g/mol. The second-order valence-corrected chi connectivity index (χ2v) is 4.91. The molecule has 0 bridgehead atoms. The first-order valence-electron chi connectivity index (χ1n) is 5.75. The highest BCUT2D eigenvalue weighted by Gasteiger charge is 2.14. The Morgan fingerprint density at radius 1 is 1.25 bits per heavy atom. The monoisotopic (exact) mass is 303 g/mol. The Kier molecular flexibility index (Phi) is 4.73. The van der Waals surface area contributed by atoms with Gasteiger partial charge in [0.1, 0.15) is 5.75 Å². The number of anilines is 1. The van der Waals surface area contributed by atoms with Crippen LogP contribution in [0, 0.1) is 5.82 Å². The Morgan fingerprint density at radius 3 is 2.70 bits per heavy atom. The minimum absolute atomic E-state index is 0.0373. The van der Waals surface area contributed by atoms with E-state index in [4.69, 9.17) is 10.5 Å². The maximum atomic E-state index is 13.3. The lowest BCUT2D eigenvalue weighted by Crippen LogP contribution is -2.07. The van der Waals surface area contributed by atoms with E-state index in [9.17, 15) is 13.2 Å². The van der Waals surface area contributed by atoms with Crippen LogP contribution in [-0.2, 0) is 6.42 Å². The van der Waals surface area contributed by atoms with Crippen molar-refractivity contribution in [3.05, 3.63) is 40.3 Å². The van der Waals surface area contributed by atoms with Crippen LogP contribution in [0.25, 0.3) is 0 Å². The summed E-state index contributed by atoms with van der Waals surface area (Å²) in [7, 11) is 0. The number of hydrogen-bond acceptors (Lipinski definition) is 4. The number of ether oxygens (including phenoxy) is 2. The summed E-state index contributed by atoms with van der Waals surface area (Å²) in [6.45, 7) is -2.79. The molecule has 108 valence electrons. The van der Waals surface area contributed by atoms with Crippen LogP contribution in [0.15, 0.2) is 29.6 Å². The van der Waals surface area contributed by atoms with E-state index in [2.05, 4.69) is 4.74 Å². The molecule has 1 aromatic heterocycles. The predicted molar refractivity (Wildman–Crippen MR) is 71.0 cm³/mol. The third-order valence-corrected chi connectivity index (χ3v) is 3.40. The van der Waals surface area contributed by atoms with Gasteiger partial charge in [0.05, 0.1) is 12.3 Å². The Morgan fingerprint density at radius 2 is 2.05 bits per heavy atom.